The zero-order valence-corrected chi connectivity index (χ0v) is 9.91. The molecule has 0 spiro atoms. The van der Waals surface area contributed by atoms with Crippen LogP contribution < -0.4 is 11.1 Å². The number of nitrogens with two attached hydrogens (primary N) is 1. The summed E-state index contributed by atoms with van der Waals surface area (Å²) in [5, 5.41) is 11.4. The number of hydrogen-bond donors (Lipinski definition) is 3. The fourth-order valence-electron chi connectivity index (χ4n) is 1.10. The Kier molecular flexibility index (Phi) is 4.11. The third-order valence-electron chi connectivity index (χ3n) is 1.83. The van der Waals surface area contributed by atoms with Crippen LogP contribution in [-0.4, -0.2) is 23.7 Å². The van der Waals surface area contributed by atoms with E-state index in [-0.39, 0.29) is 18.6 Å². The average molecular weight is 273 g/mol. The molecule has 0 aliphatic heterocycles. The molecule has 1 aromatic carbocycles. The largest absolute Gasteiger partial charge is 0.399 e. The molecule has 0 saturated heterocycles. The van der Waals surface area contributed by atoms with Crippen LogP contribution in [0, 0.1) is 0 Å². The minimum Gasteiger partial charge on any atom is -0.399 e. The van der Waals surface area contributed by atoms with Gasteiger partial charge in [-0.15, -0.1) is 0 Å². The molecule has 1 amide bonds. The minimum atomic E-state index is -0.266. The van der Waals surface area contributed by atoms with E-state index in [4.69, 9.17) is 10.8 Å². The van der Waals surface area contributed by atoms with Crippen LogP contribution in [0.1, 0.15) is 17.3 Å². The second-order valence-corrected chi connectivity index (χ2v) is 4.25. The highest BCUT2D eigenvalue weighted by Gasteiger charge is 2.09. The molecule has 0 saturated carbocycles. The van der Waals surface area contributed by atoms with Crippen LogP contribution in [0.3, 0.4) is 0 Å². The Hall–Kier alpha value is -1.07. The van der Waals surface area contributed by atoms with Crippen LogP contribution in [0.15, 0.2) is 22.7 Å². The van der Waals surface area contributed by atoms with Crippen LogP contribution in [0.4, 0.5) is 5.69 Å². The predicted octanol–water partition coefficient (Wildman–Crippen LogP) is 1.14. The number of hydrogen-bond acceptors (Lipinski definition) is 3. The van der Waals surface area contributed by atoms with Crippen LogP contribution in [0.2, 0.25) is 0 Å². The van der Waals surface area contributed by atoms with Crippen molar-refractivity contribution in [2.45, 2.75) is 13.0 Å². The molecule has 4 N–H and O–H groups in total. The molecule has 0 radical (unpaired) electrons. The van der Waals surface area contributed by atoms with Gasteiger partial charge in [-0.3, -0.25) is 4.79 Å². The van der Waals surface area contributed by atoms with Crippen molar-refractivity contribution in [1.29, 1.82) is 0 Å². The molecule has 5 heteroatoms. The first-order valence-electron chi connectivity index (χ1n) is 4.50. The van der Waals surface area contributed by atoms with Gasteiger partial charge in [-0.2, -0.15) is 0 Å². The summed E-state index contributed by atoms with van der Waals surface area (Å²) < 4.78 is 0.754. The number of aliphatic hydroxyl groups excluding tert-OH is 1. The summed E-state index contributed by atoms with van der Waals surface area (Å²) in [4.78, 5) is 11.6. The summed E-state index contributed by atoms with van der Waals surface area (Å²) in [6, 6.07) is 4.71. The number of nitrogen functional groups attached to an aromatic ring is 1. The Morgan fingerprint density at radius 2 is 2.27 bits per heavy atom. The van der Waals surface area contributed by atoms with Gasteiger partial charge in [0.05, 0.1) is 6.61 Å². The van der Waals surface area contributed by atoms with Crippen molar-refractivity contribution in [2.75, 3.05) is 12.3 Å². The second-order valence-electron chi connectivity index (χ2n) is 3.33. The fraction of sp³-hybridized carbons (Fsp3) is 0.300. The summed E-state index contributed by atoms with van der Waals surface area (Å²) in [6.07, 6.45) is 0. The number of nitrogens with one attached hydrogen (secondary N) is 1. The molecule has 1 aromatic rings. The molecular weight excluding hydrogens is 260 g/mol. The smallest absolute Gasteiger partial charge is 0.251 e. The molecule has 0 bridgehead atoms. The maximum atomic E-state index is 11.6. The summed E-state index contributed by atoms with van der Waals surface area (Å²) in [5.41, 5.74) is 6.59. The molecule has 15 heavy (non-hydrogen) atoms. The zero-order valence-electron chi connectivity index (χ0n) is 8.33. The maximum Gasteiger partial charge on any atom is 0.251 e. The minimum absolute atomic E-state index is 0.0881. The maximum absolute atomic E-state index is 11.6. The lowest BCUT2D eigenvalue weighted by molar-refractivity contribution is 0.0922. The molecule has 0 aliphatic carbocycles. The summed E-state index contributed by atoms with van der Waals surface area (Å²) >= 11 is 3.26. The first-order chi connectivity index (χ1) is 7.02. The van der Waals surface area contributed by atoms with Gasteiger partial charge in [0.2, 0.25) is 0 Å². The van der Waals surface area contributed by atoms with E-state index in [0.717, 1.165) is 4.47 Å². The molecule has 4 nitrogen and oxygen atoms in total. The lowest BCUT2D eigenvalue weighted by atomic mass is 10.2. The molecule has 0 aliphatic rings. The molecule has 0 heterocycles. The zero-order chi connectivity index (χ0) is 11.4. The van der Waals surface area contributed by atoms with Gasteiger partial charge in [0, 0.05) is 21.8 Å². The number of amides is 1. The van der Waals surface area contributed by atoms with E-state index in [2.05, 4.69) is 21.2 Å². The molecular formula is C10H13BrN2O2. The van der Waals surface area contributed by atoms with Gasteiger partial charge >= 0.3 is 0 Å². The first kappa shape index (κ1) is 12.0. The Balaban J connectivity index is 2.82. The van der Waals surface area contributed by atoms with Crippen LogP contribution in [0.25, 0.3) is 0 Å². The number of carbonyl (C=O) groups excluding carboxylic acids is 1. The SMILES string of the molecule is C[C@@H](CO)NC(=O)c1cc(N)cc(Br)c1. The van der Waals surface area contributed by atoms with Crippen LogP contribution in [0.5, 0.6) is 0 Å². The van der Waals surface area contributed by atoms with Gasteiger partial charge in [0.1, 0.15) is 0 Å². The normalized spacial score (nSPS) is 12.2. The Labute approximate surface area is 96.6 Å². The number of rotatable bonds is 3. The van der Waals surface area contributed by atoms with Crippen molar-refractivity contribution in [2.24, 2.45) is 0 Å². The topological polar surface area (TPSA) is 75.3 Å². The Bertz CT molecular complexity index is 348. The molecule has 0 unspecified atom stereocenters. The third-order valence-corrected chi connectivity index (χ3v) is 2.29. The van der Waals surface area contributed by atoms with E-state index in [1.54, 1.807) is 25.1 Å². The monoisotopic (exact) mass is 272 g/mol. The van der Waals surface area contributed by atoms with Gasteiger partial charge in [-0.05, 0) is 25.1 Å². The third kappa shape index (κ3) is 3.53. The van der Waals surface area contributed by atoms with E-state index in [9.17, 15) is 4.79 Å². The Morgan fingerprint density at radius 1 is 1.60 bits per heavy atom. The summed E-state index contributed by atoms with van der Waals surface area (Å²) in [5.74, 6) is -0.246. The molecule has 1 atom stereocenters. The van der Waals surface area contributed by atoms with E-state index < -0.39 is 0 Å². The lowest BCUT2D eigenvalue weighted by Crippen LogP contribution is -2.35. The number of anilines is 1. The van der Waals surface area contributed by atoms with E-state index in [1.807, 2.05) is 0 Å². The van der Waals surface area contributed by atoms with Crippen molar-refractivity contribution < 1.29 is 9.90 Å². The van der Waals surface area contributed by atoms with E-state index in [0.29, 0.717) is 11.3 Å². The predicted molar refractivity (Wildman–Crippen MR) is 62.6 cm³/mol. The highest BCUT2D eigenvalue weighted by atomic mass is 79.9. The second kappa shape index (κ2) is 5.14. The van der Waals surface area contributed by atoms with Crippen LogP contribution in [-0.2, 0) is 0 Å². The summed E-state index contributed by atoms with van der Waals surface area (Å²) in [7, 11) is 0. The van der Waals surface area contributed by atoms with Gasteiger partial charge in [0.25, 0.3) is 5.91 Å². The number of benzene rings is 1. The number of carbonyl (C=O) groups is 1. The fourth-order valence-corrected chi connectivity index (χ4v) is 1.61. The summed E-state index contributed by atoms with van der Waals surface area (Å²) in [6.45, 7) is 1.63. The molecule has 0 aromatic heterocycles. The number of aliphatic hydroxyl groups is 1. The highest BCUT2D eigenvalue weighted by Crippen LogP contribution is 2.17. The first-order valence-corrected chi connectivity index (χ1v) is 5.30. The molecule has 1 rings (SSSR count). The molecule has 82 valence electrons. The van der Waals surface area contributed by atoms with Crippen LogP contribution >= 0.6 is 15.9 Å². The quantitative estimate of drug-likeness (QED) is 0.723. The van der Waals surface area contributed by atoms with E-state index in [1.165, 1.54) is 0 Å². The van der Waals surface area contributed by atoms with Crippen molar-refractivity contribution in [3.63, 3.8) is 0 Å². The lowest BCUT2D eigenvalue weighted by Gasteiger charge is -2.11. The average Bonchev–Trinajstić information content (AvgIpc) is 2.16. The van der Waals surface area contributed by atoms with Gasteiger partial charge in [0.15, 0.2) is 0 Å². The molecule has 0 fully saturated rings. The standard InChI is InChI=1S/C10H13BrN2O2/c1-6(5-14)13-10(15)7-2-8(11)4-9(12)3-7/h2-4,6,14H,5,12H2,1H3,(H,13,15)/t6-/m0/s1. The van der Waals surface area contributed by atoms with Gasteiger partial charge < -0.3 is 16.2 Å². The number of halogens is 1. The van der Waals surface area contributed by atoms with Crippen molar-refractivity contribution >= 4 is 27.5 Å². The van der Waals surface area contributed by atoms with E-state index >= 15 is 0 Å². The Morgan fingerprint density at radius 3 is 2.80 bits per heavy atom. The highest BCUT2D eigenvalue weighted by molar-refractivity contribution is 9.10. The van der Waals surface area contributed by atoms with Gasteiger partial charge in [-0.25, -0.2) is 0 Å². The van der Waals surface area contributed by atoms with Crippen molar-refractivity contribution in [3.05, 3.63) is 28.2 Å². The van der Waals surface area contributed by atoms with Crippen molar-refractivity contribution in [1.82, 2.24) is 5.32 Å². The van der Waals surface area contributed by atoms with Crippen molar-refractivity contribution in [3.8, 4) is 0 Å². The van der Waals surface area contributed by atoms with Gasteiger partial charge in [-0.1, -0.05) is 15.9 Å².